The number of benzene rings is 1. The van der Waals surface area contributed by atoms with Crippen molar-refractivity contribution >= 4 is 28.5 Å². The van der Waals surface area contributed by atoms with Crippen LogP contribution in [-0.2, 0) is 21.9 Å². The summed E-state index contributed by atoms with van der Waals surface area (Å²) in [6.07, 6.45) is -2.36. The van der Waals surface area contributed by atoms with Gasteiger partial charge in [-0.3, -0.25) is 9.59 Å². The summed E-state index contributed by atoms with van der Waals surface area (Å²) in [5.74, 6) is -0.136. The Morgan fingerprint density at radius 1 is 1.05 bits per heavy atom. The van der Waals surface area contributed by atoms with Gasteiger partial charge in [0.15, 0.2) is 0 Å². The highest BCUT2D eigenvalue weighted by molar-refractivity contribution is 8.14. The number of thioether (sulfide) groups is 1. The molecule has 1 aromatic carbocycles. The van der Waals surface area contributed by atoms with E-state index in [4.69, 9.17) is 0 Å². The molecule has 0 radical (unpaired) electrons. The van der Waals surface area contributed by atoms with E-state index in [0.29, 0.717) is 48.8 Å². The Morgan fingerprint density at radius 3 is 2.42 bits per heavy atom. The molecule has 1 aliphatic heterocycles. The highest BCUT2D eigenvalue weighted by Crippen LogP contribution is 2.67. The van der Waals surface area contributed by atoms with Gasteiger partial charge >= 0.3 is 12.4 Å². The zero-order valence-corrected chi connectivity index (χ0v) is 22.2. The van der Waals surface area contributed by atoms with Crippen LogP contribution in [0.25, 0.3) is 0 Å². The molecule has 0 aromatic heterocycles. The Kier molecular flexibility index (Phi) is 6.56. The van der Waals surface area contributed by atoms with Crippen molar-refractivity contribution in [2.45, 2.75) is 70.5 Å². The fourth-order valence-electron chi connectivity index (χ4n) is 8.10. The van der Waals surface area contributed by atoms with E-state index in [-0.39, 0.29) is 27.1 Å². The maximum atomic E-state index is 13.6. The van der Waals surface area contributed by atoms with E-state index < -0.39 is 41.0 Å². The Morgan fingerprint density at radius 2 is 1.76 bits per heavy atom. The SMILES string of the molecule is C[C@H]1C[C@H]2SC(=O)C=C[C@]2(C)[C@H]2CC[C@]3(C)C[C@@H](C(=O)Nc4cc(C(F)(F)F)ccc4C(F)(F)F)C[C@H]3[C@H]12. The molecule has 0 saturated heterocycles. The lowest BCUT2D eigenvalue weighted by molar-refractivity contribution is -0.141. The van der Waals surface area contributed by atoms with E-state index in [1.807, 2.05) is 0 Å². The first-order valence-corrected chi connectivity index (χ1v) is 13.9. The minimum Gasteiger partial charge on any atom is -0.325 e. The normalized spacial score (nSPS) is 38.8. The minimum atomic E-state index is -4.91. The van der Waals surface area contributed by atoms with Gasteiger partial charge in [0.25, 0.3) is 0 Å². The molecule has 1 aromatic rings. The number of carbonyl (C=O) groups excluding carboxylic acids is 2. The van der Waals surface area contributed by atoms with Crippen LogP contribution in [0.4, 0.5) is 32.0 Å². The van der Waals surface area contributed by atoms with Crippen molar-refractivity contribution in [3.05, 3.63) is 41.5 Å². The number of allylic oxidation sites excluding steroid dienone is 1. The van der Waals surface area contributed by atoms with Crippen LogP contribution in [-0.4, -0.2) is 16.3 Å². The number of hydrogen-bond donors (Lipinski definition) is 1. The van der Waals surface area contributed by atoms with Crippen molar-refractivity contribution < 1.29 is 35.9 Å². The first-order chi connectivity index (χ1) is 17.5. The number of amides is 1. The third kappa shape index (κ3) is 4.58. The summed E-state index contributed by atoms with van der Waals surface area (Å²) in [7, 11) is 0. The zero-order valence-electron chi connectivity index (χ0n) is 21.4. The molecule has 38 heavy (non-hydrogen) atoms. The number of carbonyl (C=O) groups is 2. The summed E-state index contributed by atoms with van der Waals surface area (Å²) < 4.78 is 80.4. The lowest BCUT2D eigenvalue weighted by Crippen LogP contribution is -2.55. The molecule has 4 aliphatic rings. The van der Waals surface area contributed by atoms with Crippen molar-refractivity contribution in [2.75, 3.05) is 5.32 Å². The summed E-state index contributed by atoms with van der Waals surface area (Å²) >= 11 is 1.40. The van der Waals surface area contributed by atoms with Crippen LogP contribution in [0.2, 0.25) is 0 Å². The van der Waals surface area contributed by atoms with Gasteiger partial charge in [-0.25, -0.2) is 0 Å². The zero-order chi connectivity index (χ0) is 27.8. The van der Waals surface area contributed by atoms with Crippen molar-refractivity contribution in [1.82, 2.24) is 0 Å². The molecule has 8 atom stereocenters. The van der Waals surface area contributed by atoms with Crippen molar-refractivity contribution in [2.24, 2.45) is 40.4 Å². The fourth-order valence-corrected chi connectivity index (χ4v) is 9.44. The molecule has 3 saturated carbocycles. The Bertz CT molecular complexity index is 1180. The standard InChI is InChI=1S/C28H31F6NO2S/c1-14-10-21-26(3,9-7-22(36)38-21)18-6-8-25(2)13-15(11-19(25)23(14)18)24(37)35-20-12-16(27(29,30)31)4-5-17(20)28(32,33)34/h4-5,7,9,12,14-15,18-19,21,23H,6,8,10-11,13H2,1-3H3,(H,35,37)/t14-,15-,18-,19-,21+,23+,25+,26+/m0/s1. The van der Waals surface area contributed by atoms with Crippen molar-refractivity contribution in [3.8, 4) is 0 Å². The molecule has 0 bridgehead atoms. The van der Waals surface area contributed by atoms with Gasteiger partial charge in [0.05, 0.1) is 16.8 Å². The van der Waals surface area contributed by atoms with Gasteiger partial charge in [0.1, 0.15) is 0 Å². The highest BCUT2D eigenvalue weighted by Gasteiger charge is 2.61. The predicted octanol–water partition coefficient (Wildman–Crippen LogP) is 7.97. The first-order valence-electron chi connectivity index (χ1n) is 13.0. The maximum absolute atomic E-state index is 13.6. The third-order valence-electron chi connectivity index (χ3n) is 9.96. The topological polar surface area (TPSA) is 46.2 Å². The van der Waals surface area contributed by atoms with E-state index in [1.54, 1.807) is 6.08 Å². The summed E-state index contributed by atoms with van der Waals surface area (Å²) in [6.45, 7) is 6.55. The monoisotopic (exact) mass is 559 g/mol. The van der Waals surface area contributed by atoms with Crippen LogP contribution in [0.3, 0.4) is 0 Å². The molecular formula is C28H31F6NO2S. The number of anilines is 1. The average Bonchev–Trinajstić information content (AvgIpc) is 3.17. The molecule has 5 rings (SSSR count). The summed E-state index contributed by atoms with van der Waals surface area (Å²) in [4.78, 5) is 25.4. The number of halogens is 6. The molecular weight excluding hydrogens is 528 g/mol. The number of hydrogen-bond acceptors (Lipinski definition) is 3. The Balaban J connectivity index is 1.40. The molecule has 3 nitrogen and oxygen atoms in total. The minimum absolute atomic E-state index is 0.0733. The molecule has 3 fully saturated rings. The van der Waals surface area contributed by atoms with E-state index in [1.165, 1.54) is 11.8 Å². The summed E-state index contributed by atoms with van der Waals surface area (Å²) in [5.41, 5.74) is -3.71. The molecule has 208 valence electrons. The molecule has 0 spiro atoms. The maximum Gasteiger partial charge on any atom is 0.418 e. The van der Waals surface area contributed by atoms with E-state index >= 15 is 0 Å². The summed E-state index contributed by atoms with van der Waals surface area (Å²) in [5, 5.41) is 2.50. The van der Waals surface area contributed by atoms with Crippen LogP contribution < -0.4 is 5.32 Å². The van der Waals surface area contributed by atoms with Crippen LogP contribution in [0.1, 0.15) is 64.0 Å². The average molecular weight is 560 g/mol. The van der Waals surface area contributed by atoms with E-state index in [2.05, 4.69) is 32.2 Å². The van der Waals surface area contributed by atoms with Gasteiger partial charge < -0.3 is 5.32 Å². The number of nitrogens with one attached hydrogen (secondary N) is 1. The largest absolute Gasteiger partial charge is 0.418 e. The molecule has 0 unspecified atom stereocenters. The number of alkyl halides is 6. The van der Waals surface area contributed by atoms with Crippen LogP contribution in [0.5, 0.6) is 0 Å². The lowest BCUT2D eigenvalue weighted by atomic mass is 9.48. The second kappa shape index (κ2) is 9.03. The van der Waals surface area contributed by atoms with Gasteiger partial charge in [-0.15, -0.1) is 0 Å². The molecule has 1 N–H and O–H groups in total. The van der Waals surface area contributed by atoms with Crippen LogP contribution >= 0.6 is 11.8 Å². The summed E-state index contributed by atoms with van der Waals surface area (Å²) in [6, 6.07) is 1.13. The number of rotatable bonds is 2. The predicted molar refractivity (Wildman–Crippen MR) is 133 cm³/mol. The van der Waals surface area contributed by atoms with Gasteiger partial charge in [0.2, 0.25) is 11.0 Å². The van der Waals surface area contributed by atoms with Crippen molar-refractivity contribution in [3.63, 3.8) is 0 Å². The van der Waals surface area contributed by atoms with Gasteiger partial charge in [-0.1, -0.05) is 38.6 Å². The smallest absolute Gasteiger partial charge is 0.325 e. The third-order valence-corrected chi connectivity index (χ3v) is 11.3. The fraction of sp³-hybridized carbons (Fsp3) is 0.643. The molecule has 1 amide bonds. The van der Waals surface area contributed by atoms with Crippen LogP contribution in [0.15, 0.2) is 30.4 Å². The Hall–Kier alpha value is -1.97. The molecule has 1 heterocycles. The highest BCUT2D eigenvalue weighted by atomic mass is 32.2. The van der Waals surface area contributed by atoms with E-state index in [9.17, 15) is 35.9 Å². The van der Waals surface area contributed by atoms with Gasteiger partial charge in [-0.2, -0.15) is 26.3 Å². The first kappa shape index (κ1) is 27.6. The van der Waals surface area contributed by atoms with Crippen LogP contribution in [0, 0.1) is 40.4 Å². The second-order valence-electron chi connectivity index (χ2n) is 12.2. The second-order valence-corrected chi connectivity index (χ2v) is 13.4. The number of fused-ring (bicyclic) bond motifs is 5. The lowest BCUT2D eigenvalue weighted by Gasteiger charge is -2.60. The quantitative estimate of drug-likeness (QED) is 0.374. The molecule has 10 heteroatoms. The molecule has 3 aliphatic carbocycles. The van der Waals surface area contributed by atoms with Gasteiger partial charge in [0, 0.05) is 16.6 Å². The Labute approximate surface area is 222 Å². The van der Waals surface area contributed by atoms with Gasteiger partial charge in [-0.05, 0) is 85.5 Å². The van der Waals surface area contributed by atoms with E-state index in [0.717, 1.165) is 19.3 Å². The van der Waals surface area contributed by atoms with Crippen molar-refractivity contribution in [1.29, 1.82) is 0 Å².